The molecule has 6 nitrogen and oxygen atoms in total. The highest BCUT2D eigenvalue weighted by Crippen LogP contribution is 2.24. The Labute approximate surface area is 191 Å². The van der Waals surface area contributed by atoms with Crippen molar-refractivity contribution in [2.24, 2.45) is 0 Å². The van der Waals surface area contributed by atoms with E-state index < -0.39 is 0 Å². The molecule has 0 aliphatic carbocycles. The van der Waals surface area contributed by atoms with Crippen molar-refractivity contribution in [1.29, 1.82) is 0 Å². The number of hydrogen-bond donors (Lipinski definition) is 0. The van der Waals surface area contributed by atoms with E-state index in [-0.39, 0.29) is 5.56 Å². The summed E-state index contributed by atoms with van der Waals surface area (Å²) in [6.45, 7) is 6.27. The molecule has 2 aromatic carbocycles. The van der Waals surface area contributed by atoms with Crippen LogP contribution in [0.15, 0.2) is 83.8 Å². The zero-order valence-electron chi connectivity index (χ0n) is 18.8. The van der Waals surface area contributed by atoms with Crippen molar-refractivity contribution >= 4 is 5.65 Å². The summed E-state index contributed by atoms with van der Waals surface area (Å²) >= 11 is 0. The molecule has 0 aliphatic heterocycles. The van der Waals surface area contributed by atoms with E-state index in [0.29, 0.717) is 35.0 Å². The van der Waals surface area contributed by atoms with Gasteiger partial charge in [0.1, 0.15) is 12.3 Å². The van der Waals surface area contributed by atoms with Gasteiger partial charge in [0.2, 0.25) is 0 Å². The number of aromatic nitrogens is 4. The number of pyridine rings is 1. The molecule has 164 valence electrons. The zero-order valence-corrected chi connectivity index (χ0v) is 18.8. The van der Waals surface area contributed by atoms with Crippen LogP contribution in [0.1, 0.15) is 22.5 Å². The molecule has 0 spiro atoms. The van der Waals surface area contributed by atoms with Crippen LogP contribution in [-0.4, -0.2) is 19.2 Å². The second-order valence-corrected chi connectivity index (χ2v) is 8.08. The molecule has 3 aromatic heterocycles. The van der Waals surface area contributed by atoms with Crippen LogP contribution >= 0.6 is 0 Å². The SMILES string of the molecule is Cc1ccccc1COc1cccn2c(=O)c(-c3cc(C)n(-c4ccccc4)n3)c(C)nc12. The van der Waals surface area contributed by atoms with Gasteiger partial charge in [-0.05, 0) is 62.2 Å². The summed E-state index contributed by atoms with van der Waals surface area (Å²) in [7, 11) is 0. The molecule has 0 unspecified atom stereocenters. The van der Waals surface area contributed by atoms with E-state index in [0.717, 1.165) is 22.5 Å². The molecule has 3 heterocycles. The highest BCUT2D eigenvalue weighted by Gasteiger charge is 2.18. The van der Waals surface area contributed by atoms with Crippen LogP contribution in [0.25, 0.3) is 22.6 Å². The van der Waals surface area contributed by atoms with Gasteiger partial charge in [0.25, 0.3) is 5.56 Å². The van der Waals surface area contributed by atoms with Crippen molar-refractivity contribution in [3.63, 3.8) is 0 Å². The molecule has 5 aromatic rings. The zero-order chi connectivity index (χ0) is 22.9. The van der Waals surface area contributed by atoms with Gasteiger partial charge in [0, 0.05) is 11.9 Å². The molecule has 6 heteroatoms. The molecule has 0 N–H and O–H groups in total. The van der Waals surface area contributed by atoms with E-state index in [1.165, 1.54) is 4.40 Å². The van der Waals surface area contributed by atoms with Crippen molar-refractivity contribution in [2.45, 2.75) is 27.4 Å². The van der Waals surface area contributed by atoms with E-state index in [4.69, 9.17) is 14.8 Å². The molecular formula is C27H24N4O2. The Balaban J connectivity index is 1.56. The van der Waals surface area contributed by atoms with Gasteiger partial charge in [0.15, 0.2) is 11.4 Å². The summed E-state index contributed by atoms with van der Waals surface area (Å²) in [5, 5.41) is 4.72. The Bertz CT molecular complexity index is 1520. The normalized spacial score (nSPS) is 11.1. The average molecular weight is 437 g/mol. The van der Waals surface area contributed by atoms with Crippen LogP contribution in [0.3, 0.4) is 0 Å². The van der Waals surface area contributed by atoms with Crippen molar-refractivity contribution in [3.8, 4) is 22.7 Å². The first-order valence-electron chi connectivity index (χ1n) is 10.8. The first-order valence-corrected chi connectivity index (χ1v) is 10.8. The third-order valence-corrected chi connectivity index (χ3v) is 5.79. The molecular weight excluding hydrogens is 412 g/mol. The molecule has 0 fully saturated rings. The van der Waals surface area contributed by atoms with Crippen molar-refractivity contribution in [1.82, 2.24) is 19.2 Å². The van der Waals surface area contributed by atoms with E-state index in [1.54, 1.807) is 12.3 Å². The molecule has 0 saturated carbocycles. The minimum atomic E-state index is -0.170. The lowest BCUT2D eigenvalue weighted by Gasteiger charge is -2.12. The first-order chi connectivity index (χ1) is 16.0. The quantitative estimate of drug-likeness (QED) is 0.387. The van der Waals surface area contributed by atoms with E-state index in [2.05, 4.69) is 13.0 Å². The van der Waals surface area contributed by atoms with Gasteiger partial charge in [-0.1, -0.05) is 42.5 Å². The Kier molecular flexibility index (Phi) is 5.26. The van der Waals surface area contributed by atoms with E-state index in [9.17, 15) is 4.79 Å². The summed E-state index contributed by atoms with van der Waals surface area (Å²) in [6, 6.07) is 23.5. The highest BCUT2D eigenvalue weighted by molar-refractivity contribution is 5.65. The molecule has 0 bridgehead atoms. The average Bonchev–Trinajstić information content (AvgIpc) is 3.20. The van der Waals surface area contributed by atoms with Crippen molar-refractivity contribution < 1.29 is 4.74 Å². The Morgan fingerprint density at radius 3 is 2.45 bits per heavy atom. The van der Waals surface area contributed by atoms with Crippen molar-refractivity contribution in [3.05, 3.63) is 112 Å². The van der Waals surface area contributed by atoms with Gasteiger partial charge in [-0.2, -0.15) is 5.10 Å². The highest BCUT2D eigenvalue weighted by atomic mass is 16.5. The molecule has 5 rings (SSSR count). The number of hydrogen-bond acceptors (Lipinski definition) is 4. The molecule has 0 aliphatic rings. The molecule has 33 heavy (non-hydrogen) atoms. The topological polar surface area (TPSA) is 61.4 Å². The Morgan fingerprint density at radius 1 is 0.909 bits per heavy atom. The molecule has 0 amide bonds. The largest absolute Gasteiger partial charge is 0.485 e. The molecule has 0 saturated heterocycles. The number of nitrogens with zero attached hydrogens (tertiary/aromatic N) is 4. The number of para-hydroxylation sites is 1. The van der Waals surface area contributed by atoms with Crippen LogP contribution in [-0.2, 0) is 6.61 Å². The monoisotopic (exact) mass is 436 g/mol. The first kappa shape index (κ1) is 20.7. The lowest BCUT2D eigenvalue weighted by Crippen LogP contribution is -2.19. The number of rotatable bonds is 5. The van der Waals surface area contributed by atoms with Crippen LogP contribution in [0, 0.1) is 20.8 Å². The van der Waals surface area contributed by atoms with Crippen molar-refractivity contribution in [2.75, 3.05) is 0 Å². The molecule has 0 radical (unpaired) electrons. The van der Waals surface area contributed by atoms with Crippen LogP contribution in [0.2, 0.25) is 0 Å². The minimum absolute atomic E-state index is 0.170. The minimum Gasteiger partial charge on any atom is -0.485 e. The fourth-order valence-electron chi connectivity index (χ4n) is 4.01. The number of benzene rings is 2. The maximum atomic E-state index is 13.5. The summed E-state index contributed by atoms with van der Waals surface area (Å²) in [5.74, 6) is 0.568. The van der Waals surface area contributed by atoms with Gasteiger partial charge in [-0.3, -0.25) is 9.20 Å². The Hall–Kier alpha value is -4.19. The summed E-state index contributed by atoms with van der Waals surface area (Å²) in [5.41, 5.74) is 6.17. The lowest BCUT2D eigenvalue weighted by atomic mass is 10.1. The van der Waals surface area contributed by atoms with Gasteiger partial charge in [-0.25, -0.2) is 9.67 Å². The second kappa shape index (κ2) is 8.39. The lowest BCUT2D eigenvalue weighted by molar-refractivity contribution is 0.307. The summed E-state index contributed by atoms with van der Waals surface area (Å²) in [6.07, 6.45) is 1.72. The standard InChI is InChI=1S/C27H24N4O2/c1-18-10-7-8-11-21(18)17-33-24-14-9-15-30-26(24)28-20(3)25(27(30)32)23-16-19(2)31(29-23)22-12-5-4-6-13-22/h4-16H,17H2,1-3H3. The number of aryl methyl sites for hydroxylation is 3. The number of fused-ring (bicyclic) bond motifs is 1. The van der Waals surface area contributed by atoms with E-state index >= 15 is 0 Å². The fourth-order valence-corrected chi connectivity index (χ4v) is 4.01. The smallest absolute Gasteiger partial charge is 0.267 e. The number of ether oxygens (including phenoxy) is 1. The van der Waals surface area contributed by atoms with Gasteiger partial charge in [0.05, 0.1) is 16.9 Å². The van der Waals surface area contributed by atoms with Crippen LogP contribution in [0.4, 0.5) is 0 Å². The predicted molar refractivity (Wildman–Crippen MR) is 129 cm³/mol. The second-order valence-electron chi connectivity index (χ2n) is 8.08. The maximum absolute atomic E-state index is 13.5. The van der Waals surface area contributed by atoms with E-state index in [1.807, 2.05) is 79.2 Å². The third-order valence-electron chi connectivity index (χ3n) is 5.79. The molecule has 0 atom stereocenters. The summed E-state index contributed by atoms with van der Waals surface area (Å²) in [4.78, 5) is 18.3. The van der Waals surface area contributed by atoms with Crippen LogP contribution in [0.5, 0.6) is 5.75 Å². The van der Waals surface area contributed by atoms with Gasteiger partial charge >= 0.3 is 0 Å². The third kappa shape index (κ3) is 3.80. The van der Waals surface area contributed by atoms with Crippen LogP contribution < -0.4 is 10.3 Å². The predicted octanol–water partition coefficient (Wildman–Crippen LogP) is 5.05. The van der Waals surface area contributed by atoms with Gasteiger partial charge in [-0.15, -0.1) is 0 Å². The summed E-state index contributed by atoms with van der Waals surface area (Å²) < 4.78 is 9.45. The fraction of sp³-hybridized carbons (Fsp3) is 0.148. The van der Waals surface area contributed by atoms with Gasteiger partial charge < -0.3 is 4.74 Å². The maximum Gasteiger partial charge on any atom is 0.267 e. The Morgan fingerprint density at radius 2 is 1.67 bits per heavy atom.